The number of aryl methyl sites for hydroxylation is 1. The first kappa shape index (κ1) is 10.4. The van der Waals surface area contributed by atoms with Gasteiger partial charge in [0.1, 0.15) is 0 Å². The summed E-state index contributed by atoms with van der Waals surface area (Å²) in [6, 6.07) is 0. The third-order valence-electron chi connectivity index (χ3n) is 1.76. The molecule has 0 aromatic carbocycles. The number of aromatic nitrogens is 2. The van der Waals surface area contributed by atoms with Crippen molar-refractivity contribution in [2.24, 2.45) is 5.92 Å². The zero-order chi connectivity index (χ0) is 9.84. The smallest absolute Gasteiger partial charge is 0.299 e. The van der Waals surface area contributed by atoms with E-state index in [0.29, 0.717) is 5.92 Å². The van der Waals surface area contributed by atoms with E-state index >= 15 is 0 Å². The predicted molar refractivity (Wildman–Crippen MR) is 56.2 cm³/mol. The van der Waals surface area contributed by atoms with Crippen LogP contribution in [-0.4, -0.2) is 14.9 Å². The van der Waals surface area contributed by atoms with Crippen LogP contribution in [0, 0.1) is 12.8 Å². The van der Waals surface area contributed by atoms with Gasteiger partial charge in [0.25, 0.3) is 0 Å². The van der Waals surface area contributed by atoms with Crippen LogP contribution in [0.15, 0.2) is 17.2 Å². The van der Waals surface area contributed by atoms with Gasteiger partial charge >= 0.3 is 5.69 Å². The second-order valence-electron chi connectivity index (χ2n) is 3.33. The third kappa shape index (κ3) is 2.95. The Kier molecular flexibility index (Phi) is 3.66. The van der Waals surface area contributed by atoms with Gasteiger partial charge in [0, 0.05) is 24.3 Å². The van der Waals surface area contributed by atoms with Crippen LogP contribution in [0.1, 0.15) is 12.5 Å². The molecule has 0 amide bonds. The first-order chi connectivity index (χ1) is 6.13. The molecule has 13 heavy (non-hydrogen) atoms. The summed E-state index contributed by atoms with van der Waals surface area (Å²) < 4.78 is 1.65. The Balaban J connectivity index is 2.87. The number of alkyl halides is 1. The van der Waals surface area contributed by atoms with Gasteiger partial charge in [0.15, 0.2) is 0 Å². The van der Waals surface area contributed by atoms with E-state index in [-0.39, 0.29) is 5.69 Å². The summed E-state index contributed by atoms with van der Waals surface area (Å²) in [5.74, 6) is 0.446. The maximum absolute atomic E-state index is 11.3. The van der Waals surface area contributed by atoms with Crippen molar-refractivity contribution in [1.82, 2.24) is 9.55 Å². The average Bonchev–Trinajstić information content (AvgIpc) is 2.11. The van der Waals surface area contributed by atoms with Gasteiger partial charge in [-0.2, -0.15) is 0 Å². The van der Waals surface area contributed by atoms with Crippen molar-refractivity contribution in [3.05, 3.63) is 28.4 Å². The molecule has 0 spiro atoms. The molecule has 0 N–H and O–H groups in total. The highest BCUT2D eigenvalue weighted by Crippen LogP contribution is 2.02. The number of rotatable bonds is 3. The normalized spacial score (nSPS) is 12.8. The molecule has 1 unspecified atom stereocenters. The van der Waals surface area contributed by atoms with Crippen LogP contribution < -0.4 is 5.69 Å². The number of nitrogens with zero attached hydrogens (tertiary/aromatic N) is 2. The van der Waals surface area contributed by atoms with Gasteiger partial charge in [-0.3, -0.25) is 4.57 Å². The van der Waals surface area contributed by atoms with Crippen LogP contribution in [0.4, 0.5) is 0 Å². The molecule has 1 aromatic rings. The highest BCUT2D eigenvalue weighted by molar-refractivity contribution is 9.09. The third-order valence-corrected chi connectivity index (χ3v) is 2.86. The molecule has 3 nitrogen and oxygen atoms in total. The summed E-state index contributed by atoms with van der Waals surface area (Å²) in [7, 11) is 0. The number of hydrogen-bond acceptors (Lipinski definition) is 2. The molecule has 1 heterocycles. The van der Waals surface area contributed by atoms with Crippen LogP contribution in [0.3, 0.4) is 0 Å². The Hall–Kier alpha value is -0.640. The van der Waals surface area contributed by atoms with Crippen molar-refractivity contribution in [2.75, 3.05) is 5.33 Å². The fourth-order valence-corrected chi connectivity index (χ4v) is 1.29. The molecule has 0 bridgehead atoms. The van der Waals surface area contributed by atoms with Gasteiger partial charge in [-0.05, 0) is 18.4 Å². The Morgan fingerprint density at radius 1 is 1.69 bits per heavy atom. The van der Waals surface area contributed by atoms with Crippen molar-refractivity contribution in [3.63, 3.8) is 0 Å². The van der Waals surface area contributed by atoms with Gasteiger partial charge in [-0.1, -0.05) is 22.9 Å². The van der Waals surface area contributed by atoms with Gasteiger partial charge < -0.3 is 0 Å². The topological polar surface area (TPSA) is 34.9 Å². The summed E-state index contributed by atoms with van der Waals surface area (Å²) in [4.78, 5) is 15.0. The summed E-state index contributed by atoms with van der Waals surface area (Å²) in [6.45, 7) is 4.74. The summed E-state index contributed by atoms with van der Waals surface area (Å²) in [5.41, 5.74) is 0.847. The van der Waals surface area contributed by atoms with E-state index in [9.17, 15) is 4.79 Å². The van der Waals surface area contributed by atoms with E-state index in [4.69, 9.17) is 0 Å². The van der Waals surface area contributed by atoms with E-state index in [1.165, 1.54) is 0 Å². The van der Waals surface area contributed by atoms with E-state index in [1.807, 2.05) is 13.1 Å². The van der Waals surface area contributed by atoms with E-state index < -0.39 is 0 Å². The second-order valence-corrected chi connectivity index (χ2v) is 3.97. The maximum Gasteiger partial charge on any atom is 0.347 e. The quantitative estimate of drug-likeness (QED) is 0.758. The van der Waals surface area contributed by atoms with E-state index in [2.05, 4.69) is 27.8 Å². The molecule has 0 saturated carbocycles. The standard InChI is InChI=1S/C9H13BrN2O/c1-7(3-10)5-12-6-8(2)4-11-9(12)13/h4,6-7H,3,5H2,1-2H3. The Morgan fingerprint density at radius 2 is 2.38 bits per heavy atom. The predicted octanol–water partition coefficient (Wildman–Crippen LogP) is 1.58. The average molecular weight is 245 g/mol. The lowest BCUT2D eigenvalue weighted by Crippen LogP contribution is -2.25. The van der Waals surface area contributed by atoms with Crippen molar-refractivity contribution in [2.45, 2.75) is 20.4 Å². The molecule has 1 rings (SSSR count). The van der Waals surface area contributed by atoms with Crippen LogP contribution in [0.5, 0.6) is 0 Å². The van der Waals surface area contributed by atoms with Crippen molar-refractivity contribution in [1.29, 1.82) is 0 Å². The first-order valence-electron chi connectivity index (χ1n) is 4.22. The lowest BCUT2D eigenvalue weighted by molar-refractivity contribution is 0.511. The highest BCUT2D eigenvalue weighted by Gasteiger charge is 2.03. The van der Waals surface area contributed by atoms with Gasteiger partial charge in [0.05, 0.1) is 0 Å². The molecule has 4 heteroatoms. The Bertz CT molecular complexity index is 335. The zero-order valence-corrected chi connectivity index (χ0v) is 9.41. The minimum Gasteiger partial charge on any atom is -0.299 e. The molecular formula is C9H13BrN2O. The van der Waals surface area contributed by atoms with Gasteiger partial charge in [0.2, 0.25) is 0 Å². The maximum atomic E-state index is 11.3. The Morgan fingerprint density at radius 3 is 3.00 bits per heavy atom. The minimum atomic E-state index is -0.168. The molecule has 1 atom stereocenters. The van der Waals surface area contributed by atoms with Crippen LogP contribution >= 0.6 is 15.9 Å². The first-order valence-corrected chi connectivity index (χ1v) is 5.34. The molecule has 0 aliphatic carbocycles. The molecule has 0 aliphatic heterocycles. The van der Waals surface area contributed by atoms with Crippen molar-refractivity contribution < 1.29 is 0 Å². The van der Waals surface area contributed by atoms with Crippen molar-refractivity contribution >= 4 is 15.9 Å². The van der Waals surface area contributed by atoms with E-state index in [1.54, 1.807) is 10.8 Å². The minimum absolute atomic E-state index is 0.168. The molecule has 72 valence electrons. The summed E-state index contributed by atoms with van der Waals surface area (Å²) in [6.07, 6.45) is 3.44. The monoisotopic (exact) mass is 244 g/mol. The van der Waals surface area contributed by atoms with Gasteiger partial charge in [-0.25, -0.2) is 9.78 Å². The lowest BCUT2D eigenvalue weighted by Gasteiger charge is -2.09. The molecule has 0 fully saturated rings. The lowest BCUT2D eigenvalue weighted by atomic mass is 10.2. The summed E-state index contributed by atoms with van der Waals surface area (Å²) >= 11 is 3.38. The molecule has 0 radical (unpaired) electrons. The molecule has 0 aliphatic rings. The summed E-state index contributed by atoms with van der Waals surface area (Å²) in [5, 5.41) is 0.896. The van der Waals surface area contributed by atoms with Crippen LogP contribution in [-0.2, 0) is 6.54 Å². The largest absolute Gasteiger partial charge is 0.347 e. The fraction of sp³-hybridized carbons (Fsp3) is 0.556. The van der Waals surface area contributed by atoms with Gasteiger partial charge in [-0.15, -0.1) is 0 Å². The fourth-order valence-electron chi connectivity index (χ4n) is 1.08. The second kappa shape index (κ2) is 4.56. The highest BCUT2D eigenvalue weighted by atomic mass is 79.9. The molecule has 0 saturated heterocycles. The number of hydrogen-bond donors (Lipinski definition) is 0. The molecule has 1 aromatic heterocycles. The Labute approximate surface area is 85.9 Å². The van der Waals surface area contributed by atoms with Crippen LogP contribution in [0.25, 0.3) is 0 Å². The van der Waals surface area contributed by atoms with Crippen LogP contribution in [0.2, 0.25) is 0 Å². The van der Waals surface area contributed by atoms with E-state index in [0.717, 1.165) is 17.4 Å². The number of halogens is 1. The van der Waals surface area contributed by atoms with Crippen molar-refractivity contribution in [3.8, 4) is 0 Å². The zero-order valence-electron chi connectivity index (χ0n) is 7.83. The molecular weight excluding hydrogens is 232 g/mol. The SMILES string of the molecule is Cc1cnc(=O)n(CC(C)CBr)c1.